The SMILES string of the molecule is CCCSCC(Cc1ccccc1)NCC. The van der Waals surface area contributed by atoms with Crippen LogP contribution in [0.4, 0.5) is 0 Å². The maximum atomic E-state index is 3.57. The van der Waals surface area contributed by atoms with Gasteiger partial charge in [-0.3, -0.25) is 0 Å². The second kappa shape index (κ2) is 8.66. The fourth-order valence-corrected chi connectivity index (χ4v) is 2.72. The van der Waals surface area contributed by atoms with Crippen molar-refractivity contribution in [2.24, 2.45) is 0 Å². The largest absolute Gasteiger partial charge is 0.313 e. The summed E-state index contributed by atoms with van der Waals surface area (Å²) in [5.74, 6) is 2.49. The van der Waals surface area contributed by atoms with Gasteiger partial charge in [0.2, 0.25) is 0 Å². The summed E-state index contributed by atoms with van der Waals surface area (Å²) >= 11 is 2.06. The number of thioether (sulfide) groups is 1. The highest BCUT2D eigenvalue weighted by Gasteiger charge is 2.07. The van der Waals surface area contributed by atoms with E-state index in [1.807, 2.05) is 0 Å². The van der Waals surface area contributed by atoms with Gasteiger partial charge in [0.05, 0.1) is 0 Å². The zero-order valence-electron chi connectivity index (χ0n) is 10.4. The van der Waals surface area contributed by atoms with Crippen LogP contribution in [0.3, 0.4) is 0 Å². The lowest BCUT2D eigenvalue weighted by molar-refractivity contribution is 0.572. The summed E-state index contributed by atoms with van der Waals surface area (Å²) in [5.41, 5.74) is 1.44. The predicted molar refractivity (Wildman–Crippen MR) is 75.2 cm³/mol. The highest BCUT2D eigenvalue weighted by Crippen LogP contribution is 2.09. The smallest absolute Gasteiger partial charge is 0.0198 e. The molecule has 0 bridgehead atoms. The van der Waals surface area contributed by atoms with E-state index in [1.54, 1.807) is 0 Å². The van der Waals surface area contributed by atoms with E-state index in [0.29, 0.717) is 6.04 Å². The molecule has 1 nitrogen and oxygen atoms in total. The molecule has 1 rings (SSSR count). The average molecular weight is 237 g/mol. The number of benzene rings is 1. The number of hydrogen-bond donors (Lipinski definition) is 1. The van der Waals surface area contributed by atoms with Crippen molar-refractivity contribution in [3.63, 3.8) is 0 Å². The van der Waals surface area contributed by atoms with E-state index in [4.69, 9.17) is 0 Å². The standard InChI is InChI=1S/C14H23NS/c1-3-10-16-12-14(15-4-2)11-13-8-6-5-7-9-13/h5-9,14-15H,3-4,10-12H2,1-2H3. The van der Waals surface area contributed by atoms with Crippen LogP contribution < -0.4 is 5.32 Å². The van der Waals surface area contributed by atoms with Crippen molar-refractivity contribution in [2.75, 3.05) is 18.1 Å². The molecule has 0 aromatic heterocycles. The molecule has 0 amide bonds. The van der Waals surface area contributed by atoms with Gasteiger partial charge in [0.25, 0.3) is 0 Å². The highest BCUT2D eigenvalue weighted by atomic mass is 32.2. The molecule has 0 spiro atoms. The molecule has 1 aromatic rings. The van der Waals surface area contributed by atoms with Crippen molar-refractivity contribution < 1.29 is 0 Å². The van der Waals surface area contributed by atoms with Crippen LogP contribution >= 0.6 is 11.8 Å². The van der Waals surface area contributed by atoms with Gasteiger partial charge in [-0.05, 0) is 30.7 Å². The van der Waals surface area contributed by atoms with E-state index >= 15 is 0 Å². The summed E-state index contributed by atoms with van der Waals surface area (Å²) in [5, 5.41) is 3.57. The minimum absolute atomic E-state index is 0.615. The molecule has 0 aliphatic carbocycles. The Hall–Kier alpha value is -0.470. The van der Waals surface area contributed by atoms with E-state index in [-0.39, 0.29) is 0 Å². The number of nitrogens with one attached hydrogen (secondary N) is 1. The van der Waals surface area contributed by atoms with Crippen LogP contribution in [0, 0.1) is 0 Å². The van der Waals surface area contributed by atoms with Crippen molar-refractivity contribution in [3.8, 4) is 0 Å². The topological polar surface area (TPSA) is 12.0 Å². The minimum atomic E-state index is 0.615. The molecule has 16 heavy (non-hydrogen) atoms. The Morgan fingerprint density at radius 2 is 1.94 bits per heavy atom. The Morgan fingerprint density at radius 1 is 1.19 bits per heavy atom. The first-order valence-corrected chi connectivity index (χ1v) is 7.37. The van der Waals surface area contributed by atoms with Gasteiger partial charge < -0.3 is 5.32 Å². The Kier molecular flexibility index (Phi) is 7.35. The first-order chi connectivity index (χ1) is 7.86. The molecule has 0 saturated heterocycles. The maximum Gasteiger partial charge on any atom is 0.0198 e. The van der Waals surface area contributed by atoms with Gasteiger partial charge >= 0.3 is 0 Å². The molecular formula is C14H23NS. The fraction of sp³-hybridized carbons (Fsp3) is 0.571. The first-order valence-electron chi connectivity index (χ1n) is 6.21. The second-order valence-electron chi connectivity index (χ2n) is 4.02. The van der Waals surface area contributed by atoms with Crippen molar-refractivity contribution >= 4 is 11.8 Å². The molecule has 0 saturated carbocycles. The van der Waals surface area contributed by atoms with Crippen molar-refractivity contribution in [1.29, 1.82) is 0 Å². The molecule has 0 heterocycles. The van der Waals surface area contributed by atoms with Crippen molar-refractivity contribution in [1.82, 2.24) is 5.32 Å². The number of hydrogen-bond acceptors (Lipinski definition) is 2. The van der Waals surface area contributed by atoms with Crippen LogP contribution in [-0.2, 0) is 6.42 Å². The van der Waals surface area contributed by atoms with Gasteiger partial charge in [0, 0.05) is 11.8 Å². The van der Waals surface area contributed by atoms with E-state index in [9.17, 15) is 0 Å². The van der Waals surface area contributed by atoms with Gasteiger partial charge in [-0.15, -0.1) is 0 Å². The second-order valence-corrected chi connectivity index (χ2v) is 5.17. The lowest BCUT2D eigenvalue weighted by atomic mass is 10.1. The van der Waals surface area contributed by atoms with E-state index in [2.05, 4.69) is 61.3 Å². The predicted octanol–water partition coefficient (Wildman–Crippen LogP) is 3.35. The Morgan fingerprint density at radius 3 is 2.56 bits per heavy atom. The van der Waals surface area contributed by atoms with Crippen molar-refractivity contribution in [3.05, 3.63) is 35.9 Å². The molecule has 2 heteroatoms. The zero-order valence-corrected chi connectivity index (χ0v) is 11.2. The van der Waals surface area contributed by atoms with Crippen LogP contribution in [0.5, 0.6) is 0 Å². The van der Waals surface area contributed by atoms with Crippen LogP contribution in [0.1, 0.15) is 25.8 Å². The highest BCUT2D eigenvalue weighted by molar-refractivity contribution is 7.99. The lowest BCUT2D eigenvalue weighted by Gasteiger charge is -2.17. The van der Waals surface area contributed by atoms with Crippen LogP contribution in [-0.4, -0.2) is 24.1 Å². The molecular weight excluding hydrogens is 214 g/mol. The lowest BCUT2D eigenvalue weighted by Crippen LogP contribution is -2.33. The van der Waals surface area contributed by atoms with Gasteiger partial charge in [-0.25, -0.2) is 0 Å². The Bertz CT molecular complexity index is 261. The van der Waals surface area contributed by atoms with Crippen LogP contribution in [0.15, 0.2) is 30.3 Å². The van der Waals surface area contributed by atoms with Gasteiger partial charge in [-0.1, -0.05) is 44.2 Å². The molecule has 1 N–H and O–H groups in total. The fourth-order valence-electron chi connectivity index (χ4n) is 1.75. The molecule has 1 atom stereocenters. The molecule has 0 aliphatic rings. The van der Waals surface area contributed by atoms with Crippen LogP contribution in [0.2, 0.25) is 0 Å². The third kappa shape index (κ3) is 5.57. The molecule has 0 radical (unpaired) electrons. The normalized spacial score (nSPS) is 12.6. The molecule has 0 fully saturated rings. The summed E-state index contributed by atoms with van der Waals surface area (Å²) in [6.07, 6.45) is 2.42. The van der Waals surface area contributed by atoms with Crippen LogP contribution in [0.25, 0.3) is 0 Å². The van der Waals surface area contributed by atoms with Gasteiger partial charge in [0.1, 0.15) is 0 Å². The first kappa shape index (κ1) is 13.6. The zero-order chi connectivity index (χ0) is 11.6. The summed E-state index contributed by atoms with van der Waals surface area (Å²) in [6, 6.07) is 11.4. The van der Waals surface area contributed by atoms with E-state index in [1.165, 1.54) is 23.5 Å². The Labute approximate surface area is 104 Å². The quantitative estimate of drug-likeness (QED) is 0.696. The third-order valence-electron chi connectivity index (χ3n) is 2.49. The summed E-state index contributed by atoms with van der Waals surface area (Å²) < 4.78 is 0. The monoisotopic (exact) mass is 237 g/mol. The van der Waals surface area contributed by atoms with Gasteiger partial charge in [-0.2, -0.15) is 11.8 Å². The molecule has 0 aliphatic heterocycles. The van der Waals surface area contributed by atoms with E-state index in [0.717, 1.165) is 13.0 Å². The summed E-state index contributed by atoms with van der Waals surface area (Å²) in [6.45, 7) is 5.49. The summed E-state index contributed by atoms with van der Waals surface area (Å²) in [4.78, 5) is 0. The Balaban J connectivity index is 2.38. The third-order valence-corrected chi connectivity index (χ3v) is 3.82. The van der Waals surface area contributed by atoms with Gasteiger partial charge in [0.15, 0.2) is 0 Å². The average Bonchev–Trinajstić information content (AvgIpc) is 2.31. The van der Waals surface area contributed by atoms with E-state index < -0.39 is 0 Å². The molecule has 90 valence electrons. The summed E-state index contributed by atoms with van der Waals surface area (Å²) in [7, 11) is 0. The molecule has 1 aromatic carbocycles. The number of rotatable bonds is 8. The molecule has 1 unspecified atom stereocenters. The minimum Gasteiger partial charge on any atom is -0.313 e. The maximum absolute atomic E-state index is 3.57. The van der Waals surface area contributed by atoms with Crippen molar-refractivity contribution in [2.45, 2.75) is 32.7 Å². The number of likely N-dealkylation sites (N-methyl/N-ethyl adjacent to an activating group) is 1.